The first-order chi connectivity index (χ1) is 8.40. The fourth-order valence-electron chi connectivity index (χ4n) is 1.49. The predicted molar refractivity (Wildman–Crippen MR) is 61.5 cm³/mol. The van der Waals surface area contributed by atoms with Gasteiger partial charge in [0.1, 0.15) is 18.1 Å². The molecule has 2 aromatic rings. The number of nitrogens with zero attached hydrogens (tertiary/aromatic N) is 2. The molecule has 0 saturated carbocycles. The Morgan fingerprint density at radius 3 is 2.94 bits per heavy atom. The first-order valence-corrected chi connectivity index (χ1v) is 5.41. The third kappa shape index (κ3) is 3.08. The Bertz CT molecular complexity index is 500. The first kappa shape index (κ1) is 11.2. The fraction of sp³-hybridized carbons (Fsp3) is 0.231. The maximum Gasteiger partial charge on any atom is 0.137 e. The minimum Gasteiger partial charge on any atom is -0.492 e. The van der Waals surface area contributed by atoms with Crippen molar-refractivity contribution in [2.24, 2.45) is 0 Å². The van der Waals surface area contributed by atoms with Crippen molar-refractivity contribution in [3.63, 3.8) is 0 Å². The highest BCUT2D eigenvalue weighted by atomic mass is 16.5. The molecular formula is C13H12N2O2. The van der Waals surface area contributed by atoms with Crippen LogP contribution in [0.4, 0.5) is 0 Å². The zero-order valence-electron chi connectivity index (χ0n) is 9.30. The van der Waals surface area contributed by atoms with Crippen LogP contribution in [0.25, 0.3) is 0 Å². The zero-order valence-corrected chi connectivity index (χ0v) is 9.30. The van der Waals surface area contributed by atoms with Gasteiger partial charge in [-0.3, -0.25) is 0 Å². The van der Waals surface area contributed by atoms with Crippen molar-refractivity contribution in [2.75, 3.05) is 6.61 Å². The van der Waals surface area contributed by atoms with E-state index >= 15 is 0 Å². The smallest absolute Gasteiger partial charge is 0.137 e. The molecule has 0 unspecified atom stereocenters. The standard InChI is InChI=1S/C13H12N2O2/c14-10-11-4-1-2-6-13(11)16-8-3-5-12-7-9-17-15-12/h1-2,4,6-7,9H,3,5,8H2. The number of aromatic nitrogens is 1. The molecule has 0 N–H and O–H groups in total. The minimum absolute atomic E-state index is 0.561. The number of para-hydroxylation sites is 1. The number of aryl methyl sites for hydroxylation is 1. The fourth-order valence-corrected chi connectivity index (χ4v) is 1.49. The molecule has 0 spiro atoms. The summed E-state index contributed by atoms with van der Waals surface area (Å²) >= 11 is 0. The van der Waals surface area contributed by atoms with Crippen molar-refractivity contribution in [1.29, 1.82) is 5.26 Å². The lowest BCUT2D eigenvalue weighted by atomic mass is 10.2. The Labute approximate surface area is 99.4 Å². The monoisotopic (exact) mass is 228 g/mol. The molecule has 0 aliphatic rings. The number of hydrogen-bond acceptors (Lipinski definition) is 4. The third-order valence-corrected chi connectivity index (χ3v) is 2.33. The second-order valence-electron chi connectivity index (χ2n) is 3.55. The van der Waals surface area contributed by atoms with E-state index in [2.05, 4.69) is 11.2 Å². The van der Waals surface area contributed by atoms with Gasteiger partial charge in [0.05, 0.1) is 17.9 Å². The van der Waals surface area contributed by atoms with E-state index in [9.17, 15) is 0 Å². The molecule has 4 nitrogen and oxygen atoms in total. The molecule has 0 atom stereocenters. The summed E-state index contributed by atoms with van der Waals surface area (Å²) in [6, 6.07) is 11.2. The summed E-state index contributed by atoms with van der Waals surface area (Å²) in [5, 5.41) is 12.7. The summed E-state index contributed by atoms with van der Waals surface area (Å²) in [5.74, 6) is 0.634. The van der Waals surface area contributed by atoms with Crippen molar-refractivity contribution in [3.05, 3.63) is 47.9 Å². The molecule has 17 heavy (non-hydrogen) atoms. The van der Waals surface area contributed by atoms with Crippen molar-refractivity contribution in [3.8, 4) is 11.8 Å². The van der Waals surface area contributed by atoms with Gasteiger partial charge in [-0.25, -0.2) is 0 Å². The average Bonchev–Trinajstić information content (AvgIpc) is 2.88. The first-order valence-electron chi connectivity index (χ1n) is 5.41. The second-order valence-corrected chi connectivity index (χ2v) is 3.55. The Balaban J connectivity index is 1.80. The van der Waals surface area contributed by atoms with E-state index in [0.717, 1.165) is 18.5 Å². The number of ether oxygens (including phenoxy) is 1. The van der Waals surface area contributed by atoms with Crippen LogP contribution in [0.1, 0.15) is 17.7 Å². The minimum atomic E-state index is 0.561. The number of benzene rings is 1. The number of hydrogen-bond donors (Lipinski definition) is 0. The molecule has 0 amide bonds. The lowest BCUT2D eigenvalue weighted by Crippen LogP contribution is -2.00. The van der Waals surface area contributed by atoms with E-state index in [4.69, 9.17) is 14.5 Å². The van der Waals surface area contributed by atoms with Crippen molar-refractivity contribution < 1.29 is 9.26 Å². The molecule has 1 aromatic carbocycles. The highest BCUT2D eigenvalue weighted by Gasteiger charge is 2.02. The van der Waals surface area contributed by atoms with Gasteiger partial charge in [-0.15, -0.1) is 0 Å². The summed E-state index contributed by atoms with van der Waals surface area (Å²) in [6.45, 7) is 0.561. The highest BCUT2D eigenvalue weighted by Crippen LogP contribution is 2.16. The summed E-state index contributed by atoms with van der Waals surface area (Å²) < 4.78 is 10.3. The van der Waals surface area contributed by atoms with E-state index in [1.165, 1.54) is 0 Å². The van der Waals surface area contributed by atoms with Crippen LogP contribution in [0.3, 0.4) is 0 Å². The maximum absolute atomic E-state index is 8.87. The summed E-state index contributed by atoms with van der Waals surface area (Å²) in [4.78, 5) is 0. The van der Waals surface area contributed by atoms with Crippen molar-refractivity contribution in [2.45, 2.75) is 12.8 Å². The molecule has 1 aromatic heterocycles. The van der Waals surface area contributed by atoms with Gasteiger partial charge in [0.15, 0.2) is 0 Å². The Morgan fingerprint density at radius 2 is 2.18 bits per heavy atom. The molecule has 0 bridgehead atoms. The second kappa shape index (κ2) is 5.71. The van der Waals surface area contributed by atoms with Gasteiger partial charge in [0.25, 0.3) is 0 Å². The van der Waals surface area contributed by atoms with E-state index in [0.29, 0.717) is 17.9 Å². The van der Waals surface area contributed by atoms with Gasteiger partial charge in [0.2, 0.25) is 0 Å². The van der Waals surface area contributed by atoms with Gasteiger partial charge < -0.3 is 9.26 Å². The van der Waals surface area contributed by atoms with Crippen LogP contribution in [0.2, 0.25) is 0 Å². The quantitative estimate of drug-likeness (QED) is 0.738. The Morgan fingerprint density at radius 1 is 1.29 bits per heavy atom. The molecular weight excluding hydrogens is 216 g/mol. The molecule has 2 rings (SSSR count). The summed E-state index contributed by atoms with van der Waals surface area (Å²) in [7, 11) is 0. The summed E-state index contributed by atoms with van der Waals surface area (Å²) in [5.41, 5.74) is 1.48. The molecule has 0 fully saturated rings. The van der Waals surface area contributed by atoms with E-state index < -0.39 is 0 Å². The normalized spacial score (nSPS) is 9.82. The van der Waals surface area contributed by atoms with E-state index in [1.54, 1.807) is 18.4 Å². The maximum atomic E-state index is 8.87. The highest BCUT2D eigenvalue weighted by molar-refractivity contribution is 5.42. The van der Waals surface area contributed by atoms with Gasteiger partial charge in [-0.2, -0.15) is 5.26 Å². The van der Waals surface area contributed by atoms with Crippen LogP contribution >= 0.6 is 0 Å². The predicted octanol–water partition coefficient (Wildman–Crippen LogP) is 2.56. The Hall–Kier alpha value is -2.28. The molecule has 4 heteroatoms. The van der Waals surface area contributed by atoms with Gasteiger partial charge >= 0.3 is 0 Å². The van der Waals surface area contributed by atoms with E-state index in [-0.39, 0.29) is 0 Å². The lowest BCUT2D eigenvalue weighted by molar-refractivity contribution is 0.308. The van der Waals surface area contributed by atoms with Crippen LogP contribution in [0, 0.1) is 11.3 Å². The number of nitriles is 1. The zero-order chi connectivity index (χ0) is 11.9. The van der Waals surface area contributed by atoms with Gasteiger partial charge in [-0.1, -0.05) is 17.3 Å². The largest absolute Gasteiger partial charge is 0.492 e. The van der Waals surface area contributed by atoms with Crippen LogP contribution in [0.5, 0.6) is 5.75 Å². The molecule has 86 valence electrons. The van der Waals surface area contributed by atoms with E-state index in [1.807, 2.05) is 18.2 Å². The molecule has 0 saturated heterocycles. The van der Waals surface area contributed by atoms with Gasteiger partial charge in [0, 0.05) is 6.07 Å². The molecule has 0 aliphatic carbocycles. The average molecular weight is 228 g/mol. The number of rotatable bonds is 5. The van der Waals surface area contributed by atoms with Crippen molar-refractivity contribution >= 4 is 0 Å². The van der Waals surface area contributed by atoms with Gasteiger partial charge in [-0.05, 0) is 25.0 Å². The van der Waals surface area contributed by atoms with Crippen LogP contribution in [-0.2, 0) is 6.42 Å². The lowest BCUT2D eigenvalue weighted by Gasteiger charge is -2.06. The SMILES string of the molecule is N#Cc1ccccc1OCCCc1ccon1. The molecule has 1 heterocycles. The van der Waals surface area contributed by atoms with Crippen LogP contribution in [0.15, 0.2) is 41.1 Å². The van der Waals surface area contributed by atoms with Crippen LogP contribution in [-0.4, -0.2) is 11.8 Å². The Kier molecular flexibility index (Phi) is 3.77. The van der Waals surface area contributed by atoms with Crippen LogP contribution < -0.4 is 4.74 Å². The third-order valence-electron chi connectivity index (χ3n) is 2.33. The molecule has 0 aliphatic heterocycles. The summed E-state index contributed by atoms with van der Waals surface area (Å²) in [6.07, 6.45) is 3.21. The topological polar surface area (TPSA) is 59.0 Å². The molecule has 0 radical (unpaired) electrons. The van der Waals surface area contributed by atoms with Crippen molar-refractivity contribution in [1.82, 2.24) is 5.16 Å².